The van der Waals surface area contributed by atoms with Gasteiger partial charge in [-0.3, -0.25) is 4.79 Å². The Balaban J connectivity index is 1.66. The molecule has 1 unspecified atom stereocenters. The number of carbonyl (C=O) groups is 1. The maximum absolute atomic E-state index is 12.8. The maximum atomic E-state index is 12.8. The van der Waals surface area contributed by atoms with Crippen LogP contribution in [0, 0.1) is 6.92 Å². The predicted molar refractivity (Wildman–Crippen MR) is 123 cm³/mol. The van der Waals surface area contributed by atoms with E-state index in [-0.39, 0.29) is 16.7 Å². The van der Waals surface area contributed by atoms with E-state index in [4.69, 9.17) is 4.74 Å². The van der Waals surface area contributed by atoms with Crippen molar-refractivity contribution in [2.45, 2.75) is 63.9 Å². The van der Waals surface area contributed by atoms with Gasteiger partial charge in [-0.25, -0.2) is 8.42 Å². The summed E-state index contributed by atoms with van der Waals surface area (Å²) in [4.78, 5) is 12.9. The molecule has 2 aromatic carbocycles. The van der Waals surface area contributed by atoms with Gasteiger partial charge >= 0.3 is 0 Å². The maximum Gasteiger partial charge on any atom is 0.265 e. The Bertz CT molecular complexity index is 1010. The van der Waals surface area contributed by atoms with Crippen LogP contribution >= 0.6 is 0 Å². The number of sulfonamides is 1. The molecular formula is C24H32N2O4S. The van der Waals surface area contributed by atoms with Gasteiger partial charge in [-0.15, -0.1) is 0 Å². The van der Waals surface area contributed by atoms with Gasteiger partial charge in [-0.05, 0) is 74.1 Å². The van der Waals surface area contributed by atoms with Gasteiger partial charge in [0.15, 0.2) is 6.10 Å². The van der Waals surface area contributed by atoms with Crippen molar-refractivity contribution in [1.82, 2.24) is 4.31 Å². The molecule has 0 saturated carbocycles. The SMILES string of the molecule is Cc1ccc(C(C)C)c(OC(C)C(=O)Nc2ccc(S(=O)(=O)N3CCCCC3)cc2)c1. The van der Waals surface area contributed by atoms with E-state index in [1.165, 1.54) is 4.31 Å². The number of benzene rings is 2. The van der Waals surface area contributed by atoms with Crippen LogP contribution in [0.5, 0.6) is 5.75 Å². The first-order valence-corrected chi connectivity index (χ1v) is 12.3. The molecule has 0 aromatic heterocycles. The summed E-state index contributed by atoms with van der Waals surface area (Å²) in [5.74, 6) is 0.698. The van der Waals surface area contributed by atoms with Crippen molar-refractivity contribution in [2.75, 3.05) is 18.4 Å². The molecule has 1 fully saturated rings. The van der Waals surface area contributed by atoms with E-state index in [1.54, 1.807) is 31.2 Å². The van der Waals surface area contributed by atoms with Gasteiger partial charge in [-0.1, -0.05) is 32.4 Å². The molecule has 1 heterocycles. The molecule has 31 heavy (non-hydrogen) atoms. The van der Waals surface area contributed by atoms with Crippen molar-refractivity contribution in [3.63, 3.8) is 0 Å². The van der Waals surface area contributed by atoms with E-state index in [9.17, 15) is 13.2 Å². The van der Waals surface area contributed by atoms with Crippen LogP contribution in [0.3, 0.4) is 0 Å². The molecule has 1 N–H and O–H groups in total. The minimum atomic E-state index is -3.49. The van der Waals surface area contributed by atoms with Crippen molar-refractivity contribution in [2.24, 2.45) is 0 Å². The zero-order valence-corrected chi connectivity index (χ0v) is 19.5. The molecule has 0 aliphatic carbocycles. The normalized spacial score (nSPS) is 16.2. The molecule has 6 nitrogen and oxygen atoms in total. The van der Waals surface area contributed by atoms with Gasteiger partial charge in [0.05, 0.1) is 4.90 Å². The van der Waals surface area contributed by atoms with E-state index in [0.29, 0.717) is 24.5 Å². The molecule has 1 amide bonds. The van der Waals surface area contributed by atoms with Crippen molar-refractivity contribution in [3.8, 4) is 5.75 Å². The number of hydrogen-bond donors (Lipinski definition) is 1. The van der Waals surface area contributed by atoms with Crippen LogP contribution in [0.4, 0.5) is 5.69 Å². The quantitative estimate of drug-likeness (QED) is 0.672. The number of piperidine rings is 1. The van der Waals surface area contributed by atoms with Crippen LogP contribution in [0.25, 0.3) is 0 Å². The molecular weight excluding hydrogens is 412 g/mol. The van der Waals surface area contributed by atoms with Crippen LogP contribution in [-0.2, 0) is 14.8 Å². The molecule has 1 atom stereocenters. The second-order valence-corrected chi connectivity index (χ2v) is 10.4. The summed E-state index contributed by atoms with van der Waals surface area (Å²) in [7, 11) is -3.49. The summed E-state index contributed by atoms with van der Waals surface area (Å²) < 4.78 is 33.0. The van der Waals surface area contributed by atoms with Crippen molar-refractivity contribution >= 4 is 21.6 Å². The first-order valence-electron chi connectivity index (χ1n) is 10.9. The summed E-state index contributed by atoms with van der Waals surface area (Å²) in [5, 5.41) is 2.81. The van der Waals surface area contributed by atoms with Gasteiger partial charge in [0, 0.05) is 18.8 Å². The van der Waals surface area contributed by atoms with Crippen LogP contribution in [-0.4, -0.2) is 37.8 Å². The average Bonchev–Trinajstić information content (AvgIpc) is 2.74. The second-order valence-electron chi connectivity index (χ2n) is 8.43. The monoisotopic (exact) mass is 444 g/mol. The van der Waals surface area contributed by atoms with E-state index in [2.05, 4.69) is 19.2 Å². The topological polar surface area (TPSA) is 75.7 Å². The molecule has 0 spiro atoms. The fourth-order valence-electron chi connectivity index (χ4n) is 3.67. The lowest BCUT2D eigenvalue weighted by molar-refractivity contribution is -0.122. The lowest BCUT2D eigenvalue weighted by atomic mass is 10.0. The van der Waals surface area contributed by atoms with Crippen molar-refractivity contribution in [3.05, 3.63) is 53.6 Å². The van der Waals surface area contributed by atoms with E-state index in [1.807, 2.05) is 25.1 Å². The summed E-state index contributed by atoms with van der Waals surface area (Å²) in [6.07, 6.45) is 2.16. The third-order valence-corrected chi connectivity index (χ3v) is 7.45. The van der Waals surface area contributed by atoms with Crippen LogP contribution < -0.4 is 10.1 Å². The first-order chi connectivity index (χ1) is 14.7. The number of carbonyl (C=O) groups excluding carboxylic acids is 1. The lowest BCUT2D eigenvalue weighted by Crippen LogP contribution is -2.35. The van der Waals surface area contributed by atoms with Crippen molar-refractivity contribution in [1.29, 1.82) is 0 Å². The highest BCUT2D eigenvalue weighted by Crippen LogP contribution is 2.28. The van der Waals surface area contributed by atoms with Gasteiger partial charge in [0.1, 0.15) is 5.75 Å². The zero-order chi connectivity index (χ0) is 22.6. The molecule has 7 heteroatoms. The van der Waals surface area contributed by atoms with Gasteiger partial charge in [0.2, 0.25) is 10.0 Å². The average molecular weight is 445 g/mol. The zero-order valence-electron chi connectivity index (χ0n) is 18.7. The summed E-state index contributed by atoms with van der Waals surface area (Å²) in [6.45, 7) is 8.99. The molecule has 3 rings (SSSR count). The highest BCUT2D eigenvalue weighted by Gasteiger charge is 2.26. The highest BCUT2D eigenvalue weighted by atomic mass is 32.2. The Morgan fingerprint density at radius 1 is 1.00 bits per heavy atom. The Morgan fingerprint density at radius 2 is 1.65 bits per heavy atom. The fourth-order valence-corrected chi connectivity index (χ4v) is 5.19. The molecule has 2 aromatic rings. The molecule has 1 aliphatic rings. The number of amides is 1. The number of nitrogens with zero attached hydrogens (tertiary/aromatic N) is 1. The lowest BCUT2D eigenvalue weighted by Gasteiger charge is -2.25. The Labute approximate surface area is 185 Å². The van der Waals surface area contributed by atoms with Gasteiger partial charge in [0.25, 0.3) is 5.91 Å². The minimum Gasteiger partial charge on any atom is -0.481 e. The molecule has 1 aliphatic heterocycles. The number of ether oxygens (including phenoxy) is 1. The van der Waals surface area contributed by atoms with Crippen LogP contribution in [0.1, 0.15) is 57.1 Å². The number of anilines is 1. The second kappa shape index (κ2) is 9.83. The standard InChI is InChI=1S/C24H32N2O4S/c1-17(2)22-13-8-18(3)16-23(22)30-19(4)24(27)25-20-9-11-21(12-10-20)31(28,29)26-14-6-5-7-15-26/h8-13,16-17,19H,5-7,14-15H2,1-4H3,(H,25,27). The summed E-state index contributed by atoms with van der Waals surface area (Å²) >= 11 is 0. The van der Waals surface area contributed by atoms with Crippen LogP contribution in [0.2, 0.25) is 0 Å². The van der Waals surface area contributed by atoms with Gasteiger partial charge in [-0.2, -0.15) is 4.31 Å². The first kappa shape index (κ1) is 23.3. The Morgan fingerprint density at radius 3 is 2.26 bits per heavy atom. The van der Waals surface area contributed by atoms with Gasteiger partial charge < -0.3 is 10.1 Å². The largest absolute Gasteiger partial charge is 0.481 e. The Kier molecular flexibility index (Phi) is 7.38. The smallest absolute Gasteiger partial charge is 0.265 e. The molecule has 0 bridgehead atoms. The number of nitrogens with one attached hydrogen (secondary N) is 1. The number of hydrogen-bond acceptors (Lipinski definition) is 4. The van der Waals surface area contributed by atoms with E-state index >= 15 is 0 Å². The third-order valence-electron chi connectivity index (χ3n) is 5.54. The fraction of sp³-hybridized carbons (Fsp3) is 0.458. The highest BCUT2D eigenvalue weighted by molar-refractivity contribution is 7.89. The molecule has 168 valence electrons. The Hall–Kier alpha value is -2.38. The molecule has 1 saturated heterocycles. The number of aryl methyl sites for hydroxylation is 1. The van der Waals surface area contributed by atoms with E-state index in [0.717, 1.165) is 30.4 Å². The van der Waals surface area contributed by atoms with Crippen LogP contribution in [0.15, 0.2) is 47.4 Å². The summed E-state index contributed by atoms with van der Waals surface area (Å²) in [6, 6.07) is 12.3. The minimum absolute atomic E-state index is 0.248. The molecule has 0 radical (unpaired) electrons. The van der Waals surface area contributed by atoms with Crippen molar-refractivity contribution < 1.29 is 17.9 Å². The number of rotatable bonds is 7. The summed E-state index contributed by atoms with van der Waals surface area (Å²) in [5.41, 5.74) is 2.65. The van der Waals surface area contributed by atoms with E-state index < -0.39 is 16.1 Å². The predicted octanol–water partition coefficient (Wildman–Crippen LogP) is 4.70. The third kappa shape index (κ3) is 5.66.